The SMILES string of the molecule is CC(=O)CN1C2CCC1CC(C(=O)NCCCc1ccc3c(n1)CCCC3)C2. The first kappa shape index (κ1) is 19.6. The smallest absolute Gasteiger partial charge is 0.223 e. The van der Waals surface area contributed by atoms with E-state index in [1.54, 1.807) is 6.92 Å². The van der Waals surface area contributed by atoms with Crippen molar-refractivity contribution >= 4 is 11.7 Å². The summed E-state index contributed by atoms with van der Waals surface area (Å²) in [6.45, 7) is 2.94. The maximum Gasteiger partial charge on any atom is 0.223 e. The molecular weight excluding hydrogens is 350 g/mol. The number of carbonyl (C=O) groups excluding carboxylic acids is 2. The molecule has 0 saturated carbocycles. The topological polar surface area (TPSA) is 62.3 Å². The van der Waals surface area contributed by atoms with Crippen LogP contribution in [0.1, 0.15) is 68.8 Å². The normalized spacial score (nSPS) is 26.7. The van der Waals surface area contributed by atoms with Crippen molar-refractivity contribution in [2.24, 2.45) is 5.92 Å². The van der Waals surface area contributed by atoms with Gasteiger partial charge in [0.1, 0.15) is 5.78 Å². The van der Waals surface area contributed by atoms with Crippen LogP contribution in [-0.4, -0.2) is 46.7 Å². The Hall–Kier alpha value is -1.75. The maximum atomic E-state index is 12.6. The lowest BCUT2D eigenvalue weighted by molar-refractivity contribution is -0.127. The van der Waals surface area contributed by atoms with Crippen molar-refractivity contribution in [3.05, 3.63) is 29.1 Å². The third-order valence-corrected chi connectivity index (χ3v) is 6.81. The van der Waals surface area contributed by atoms with Crippen LogP contribution in [-0.2, 0) is 28.9 Å². The fourth-order valence-electron chi connectivity index (χ4n) is 5.40. The van der Waals surface area contributed by atoms with Crippen molar-refractivity contribution in [1.29, 1.82) is 0 Å². The predicted octanol–water partition coefficient (Wildman–Crippen LogP) is 2.84. The van der Waals surface area contributed by atoms with Crippen LogP contribution < -0.4 is 5.32 Å². The van der Waals surface area contributed by atoms with Crippen molar-refractivity contribution in [3.63, 3.8) is 0 Å². The molecule has 5 nitrogen and oxygen atoms in total. The van der Waals surface area contributed by atoms with Gasteiger partial charge in [-0.2, -0.15) is 0 Å². The first-order valence-corrected chi connectivity index (χ1v) is 11.1. The second-order valence-corrected chi connectivity index (χ2v) is 8.94. The number of rotatable bonds is 7. The van der Waals surface area contributed by atoms with E-state index in [1.807, 2.05) is 0 Å². The van der Waals surface area contributed by atoms with Crippen molar-refractivity contribution in [1.82, 2.24) is 15.2 Å². The number of aromatic nitrogens is 1. The summed E-state index contributed by atoms with van der Waals surface area (Å²) in [4.78, 5) is 31.3. The Balaban J connectivity index is 1.21. The standard InChI is InChI=1S/C23H33N3O2/c1-16(27)15-26-20-10-11-21(26)14-18(13-20)23(28)24-12-4-6-19-9-8-17-5-2-3-7-22(17)25-19/h8-9,18,20-21H,2-7,10-15H2,1H3,(H,24,28). The average Bonchev–Trinajstić information content (AvgIpc) is 2.91. The highest BCUT2D eigenvalue weighted by Crippen LogP contribution is 2.38. The molecule has 2 atom stereocenters. The van der Waals surface area contributed by atoms with Crippen molar-refractivity contribution in [2.45, 2.75) is 83.2 Å². The molecular formula is C23H33N3O2. The van der Waals surface area contributed by atoms with Gasteiger partial charge in [0, 0.05) is 35.9 Å². The van der Waals surface area contributed by atoms with E-state index in [2.05, 4.69) is 22.3 Å². The number of pyridine rings is 1. The molecule has 5 heteroatoms. The van der Waals surface area contributed by atoms with Crippen LogP contribution in [0.3, 0.4) is 0 Å². The lowest BCUT2D eigenvalue weighted by Crippen LogP contribution is -2.48. The first-order valence-electron chi connectivity index (χ1n) is 11.1. The van der Waals surface area contributed by atoms with E-state index in [0.29, 0.717) is 18.6 Å². The number of Topliss-reactive ketones (excluding diaryl/α,β-unsaturated/α-hetero) is 1. The summed E-state index contributed by atoms with van der Waals surface area (Å²) < 4.78 is 0. The molecule has 3 heterocycles. The van der Waals surface area contributed by atoms with E-state index in [1.165, 1.54) is 30.5 Å². The zero-order valence-electron chi connectivity index (χ0n) is 17.1. The van der Waals surface area contributed by atoms with Gasteiger partial charge in [-0.15, -0.1) is 0 Å². The summed E-state index contributed by atoms with van der Waals surface area (Å²) in [7, 11) is 0. The summed E-state index contributed by atoms with van der Waals surface area (Å²) in [6.07, 6.45) is 10.8. The molecule has 152 valence electrons. The van der Waals surface area contributed by atoms with E-state index >= 15 is 0 Å². The number of aryl methyl sites for hydroxylation is 3. The van der Waals surface area contributed by atoms with Gasteiger partial charge >= 0.3 is 0 Å². The van der Waals surface area contributed by atoms with Gasteiger partial charge in [0.15, 0.2) is 0 Å². The van der Waals surface area contributed by atoms with E-state index in [9.17, 15) is 9.59 Å². The first-order chi connectivity index (χ1) is 13.6. The second-order valence-electron chi connectivity index (χ2n) is 8.94. The van der Waals surface area contributed by atoms with Gasteiger partial charge in [0.2, 0.25) is 5.91 Å². The number of hydrogen-bond donors (Lipinski definition) is 1. The van der Waals surface area contributed by atoms with Crippen LogP contribution in [0, 0.1) is 5.92 Å². The average molecular weight is 384 g/mol. The quantitative estimate of drug-likeness (QED) is 0.736. The number of carbonyl (C=O) groups is 2. The van der Waals surface area contributed by atoms with Gasteiger partial charge in [-0.25, -0.2) is 0 Å². The van der Waals surface area contributed by atoms with Crippen LogP contribution in [0.5, 0.6) is 0 Å². The largest absolute Gasteiger partial charge is 0.356 e. The minimum absolute atomic E-state index is 0.113. The molecule has 2 bridgehead atoms. The number of nitrogens with one attached hydrogen (secondary N) is 1. The van der Waals surface area contributed by atoms with Crippen LogP contribution >= 0.6 is 0 Å². The summed E-state index contributed by atoms with van der Waals surface area (Å²) in [6, 6.07) is 5.24. The van der Waals surface area contributed by atoms with Crippen molar-refractivity contribution in [2.75, 3.05) is 13.1 Å². The van der Waals surface area contributed by atoms with Gasteiger partial charge in [-0.1, -0.05) is 6.07 Å². The van der Waals surface area contributed by atoms with E-state index in [4.69, 9.17) is 4.98 Å². The molecule has 1 amide bonds. The number of nitrogens with zero attached hydrogens (tertiary/aromatic N) is 2. The third-order valence-electron chi connectivity index (χ3n) is 6.81. The van der Waals surface area contributed by atoms with Gasteiger partial charge in [0.25, 0.3) is 0 Å². The highest BCUT2D eigenvalue weighted by atomic mass is 16.2. The molecule has 1 aromatic rings. The van der Waals surface area contributed by atoms with E-state index in [0.717, 1.165) is 57.2 Å². The predicted molar refractivity (Wildman–Crippen MR) is 109 cm³/mol. The fraction of sp³-hybridized carbons (Fsp3) is 0.696. The van der Waals surface area contributed by atoms with Crippen LogP contribution in [0.2, 0.25) is 0 Å². The molecule has 0 radical (unpaired) electrons. The molecule has 2 saturated heterocycles. The Labute approximate surface area is 168 Å². The minimum atomic E-state index is 0.113. The molecule has 1 aliphatic carbocycles. The summed E-state index contributed by atoms with van der Waals surface area (Å²) in [5.41, 5.74) is 3.88. The molecule has 1 aromatic heterocycles. The molecule has 2 unspecified atom stereocenters. The molecule has 4 rings (SSSR count). The summed E-state index contributed by atoms with van der Waals surface area (Å²) in [5.74, 6) is 0.552. The Morgan fingerprint density at radius 1 is 1.14 bits per heavy atom. The van der Waals surface area contributed by atoms with Gasteiger partial charge in [-0.05, 0) is 82.8 Å². The lowest BCUT2D eigenvalue weighted by Gasteiger charge is -2.37. The van der Waals surface area contributed by atoms with E-state index < -0.39 is 0 Å². The molecule has 1 N–H and O–H groups in total. The molecule has 28 heavy (non-hydrogen) atoms. The molecule has 0 spiro atoms. The monoisotopic (exact) mass is 383 g/mol. The van der Waals surface area contributed by atoms with Crippen molar-refractivity contribution in [3.8, 4) is 0 Å². The fourth-order valence-corrected chi connectivity index (χ4v) is 5.40. The Morgan fingerprint density at radius 3 is 2.64 bits per heavy atom. The number of amides is 1. The summed E-state index contributed by atoms with van der Waals surface area (Å²) in [5, 5.41) is 3.16. The molecule has 2 aliphatic heterocycles. The highest BCUT2D eigenvalue weighted by Gasteiger charge is 2.42. The van der Waals surface area contributed by atoms with Gasteiger partial charge in [0.05, 0.1) is 6.54 Å². The zero-order chi connectivity index (χ0) is 19.5. The molecule has 0 aromatic carbocycles. The molecule has 3 aliphatic rings. The third kappa shape index (κ3) is 4.45. The van der Waals surface area contributed by atoms with Crippen LogP contribution in [0.15, 0.2) is 12.1 Å². The van der Waals surface area contributed by atoms with Gasteiger partial charge in [-0.3, -0.25) is 19.5 Å². The second kappa shape index (κ2) is 8.73. The van der Waals surface area contributed by atoms with Crippen LogP contribution in [0.4, 0.5) is 0 Å². The zero-order valence-corrected chi connectivity index (χ0v) is 17.1. The Bertz CT molecular complexity index is 719. The Morgan fingerprint density at radius 2 is 1.89 bits per heavy atom. The molecule has 2 fully saturated rings. The number of fused-ring (bicyclic) bond motifs is 3. The highest BCUT2D eigenvalue weighted by molar-refractivity contribution is 5.79. The minimum Gasteiger partial charge on any atom is -0.356 e. The van der Waals surface area contributed by atoms with E-state index in [-0.39, 0.29) is 17.6 Å². The number of ketones is 1. The maximum absolute atomic E-state index is 12.6. The summed E-state index contributed by atoms with van der Waals surface area (Å²) >= 11 is 0. The Kier molecular flexibility index (Phi) is 6.10. The lowest BCUT2D eigenvalue weighted by atomic mass is 9.89. The van der Waals surface area contributed by atoms with Crippen LogP contribution in [0.25, 0.3) is 0 Å². The van der Waals surface area contributed by atoms with Crippen molar-refractivity contribution < 1.29 is 9.59 Å². The number of hydrogen-bond acceptors (Lipinski definition) is 4. The number of piperidine rings is 1. The van der Waals surface area contributed by atoms with Gasteiger partial charge < -0.3 is 5.32 Å².